The lowest BCUT2D eigenvalue weighted by Gasteiger charge is -2.51. The van der Waals surface area contributed by atoms with Gasteiger partial charge in [0.2, 0.25) is 0 Å². The zero-order chi connectivity index (χ0) is 20.2. The van der Waals surface area contributed by atoms with Gasteiger partial charge >= 0.3 is 5.96 Å². The fourth-order valence-corrected chi connectivity index (χ4v) is 6.40. The second kappa shape index (κ2) is 6.98. The predicted octanol–water partition coefficient (Wildman–Crippen LogP) is 0.975. The molecule has 5 aliphatic heterocycles. The van der Waals surface area contributed by atoms with Gasteiger partial charge < -0.3 is 19.4 Å². The number of hydrogen-bond acceptors (Lipinski definition) is 6. The van der Waals surface area contributed by atoms with E-state index in [4.69, 9.17) is 9.47 Å². The highest BCUT2D eigenvalue weighted by atomic mass is 16.5. The van der Waals surface area contributed by atoms with Crippen LogP contribution in [0, 0.1) is 5.92 Å². The van der Waals surface area contributed by atoms with Crippen LogP contribution >= 0.6 is 0 Å². The SMILES string of the molecule is CC[C@H]1C=CCC[C@@]2(C[C@@H]3CC[C@H]4[C@H](C(=O)[O-])[C@@]5(CCC[C@@H](C)O5)NC(=[N+]34)N2)O1. The molecule has 2 N–H and O–H groups in total. The summed E-state index contributed by atoms with van der Waals surface area (Å²) in [6, 6.07) is 0.182. The first-order valence-corrected chi connectivity index (χ1v) is 11.4. The van der Waals surface area contributed by atoms with E-state index >= 15 is 0 Å². The number of aliphatic carboxylic acids is 1. The summed E-state index contributed by atoms with van der Waals surface area (Å²) in [5, 5.41) is 19.5. The monoisotopic (exact) mass is 403 g/mol. The Kier molecular flexibility index (Phi) is 4.66. The van der Waals surface area contributed by atoms with Crippen LogP contribution in [0.15, 0.2) is 12.2 Å². The second-order valence-corrected chi connectivity index (χ2v) is 9.54. The minimum atomic E-state index is -1.00. The Bertz CT molecular complexity index is 752. The summed E-state index contributed by atoms with van der Waals surface area (Å²) in [6.07, 6.45) is 12.7. The van der Waals surface area contributed by atoms with Gasteiger partial charge in [0.1, 0.15) is 0 Å². The number of carboxylic acids is 1. The second-order valence-electron chi connectivity index (χ2n) is 9.54. The lowest BCUT2D eigenvalue weighted by Crippen LogP contribution is -2.77. The van der Waals surface area contributed by atoms with Crippen LogP contribution in [0.1, 0.15) is 71.6 Å². The van der Waals surface area contributed by atoms with Crippen molar-refractivity contribution in [2.75, 3.05) is 0 Å². The summed E-state index contributed by atoms with van der Waals surface area (Å²) < 4.78 is 15.2. The van der Waals surface area contributed by atoms with Crippen molar-refractivity contribution >= 4 is 11.9 Å². The highest BCUT2D eigenvalue weighted by Gasteiger charge is 2.62. The van der Waals surface area contributed by atoms with Crippen molar-refractivity contribution in [1.29, 1.82) is 0 Å². The third-order valence-corrected chi connectivity index (χ3v) is 7.60. The lowest BCUT2D eigenvalue weighted by atomic mass is 9.80. The zero-order valence-electron chi connectivity index (χ0n) is 17.5. The molecular weight excluding hydrogens is 370 g/mol. The Hall–Kier alpha value is -1.60. The number of carboxylic acid groups (broad SMARTS) is 1. The largest absolute Gasteiger partial charge is 0.549 e. The van der Waals surface area contributed by atoms with Crippen molar-refractivity contribution in [1.82, 2.24) is 10.6 Å². The molecule has 7 atom stereocenters. The van der Waals surface area contributed by atoms with Crippen LogP contribution in [0.5, 0.6) is 0 Å². The van der Waals surface area contributed by atoms with Gasteiger partial charge in [0.25, 0.3) is 0 Å². The molecule has 0 aromatic heterocycles. The zero-order valence-corrected chi connectivity index (χ0v) is 17.5. The highest BCUT2D eigenvalue weighted by molar-refractivity contribution is 5.81. The summed E-state index contributed by atoms with van der Waals surface area (Å²) in [4.78, 5) is 12.3. The number of nitrogens with zero attached hydrogens (tertiary/aromatic N) is 1. The fraction of sp³-hybridized carbons (Fsp3) is 0.818. The number of carbonyl (C=O) groups is 1. The fourth-order valence-electron chi connectivity index (χ4n) is 6.40. The molecule has 0 unspecified atom stereocenters. The van der Waals surface area contributed by atoms with E-state index in [1.165, 1.54) is 0 Å². The number of nitrogens with one attached hydrogen (secondary N) is 2. The first-order valence-electron chi connectivity index (χ1n) is 11.4. The van der Waals surface area contributed by atoms with Gasteiger partial charge in [-0.15, -0.1) is 0 Å². The predicted molar refractivity (Wildman–Crippen MR) is 105 cm³/mol. The van der Waals surface area contributed by atoms with Crippen molar-refractivity contribution in [3.05, 3.63) is 12.2 Å². The Labute approximate surface area is 172 Å². The molecule has 2 saturated heterocycles. The average Bonchev–Trinajstić information content (AvgIpc) is 2.96. The molecule has 2 fully saturated rings. The van der Waals surface area contributed by atoms with Gasteiger partial charge in [-0.05, 0) is 45.4 Å². The Morgan fingerprint density at radius 3 is 2.90 bits per heavy atom. The van der Waals surface area contributed by atoms with Crippen molar-refractivity contribution in [2.45, 2.75) is 107 Å². The number of rotatable bonds is 2. The van der Waals surface area contributed by atoms with E-state index in [0.717, 1.165) is 57.3 Å². The van der Waals surface area contributed by atoms with Crippen LogP contribution in [0.2, 0.25) is 0 Å². The molecule has 0 radical (unpaired) electrons. The number of guanidine groups is 1. The van der Waals surface area contributed by atoms with Crippen LogP contribution in [0.4, 0.5) is 0 Å². The maximum atomic E-state index is 12.3. The Balaban J connectivity index is 1.52. The molecule has 5 aliphatic rings. The molecule has 5 heterocycles. The van der Waals surface area contributed by atoms with Crippen molar-refractivity contribution in [3.8, 4) is 0 Å². The minimum absolute atomic E-state index is 0.0304. The van der Waals surface area contributed by atoms with Crippen LogP contribution in [0.25, 0.3) is 0 Å². The summed E-state index contributed by atoms with van der Waals surface area (Å²) in [7, 11) is 0. The molecule has 0 saturated carbocycles. The third-order valence-electron chi connectivity index (χ3n) is 7.60. The van der Waals surface area contributed by atoms with Crippen molar-refractivity contribution in [3.63, 3.8) is 0 Å². The Morgan fingerprint density at radius 2 is 2.14 bits per heavy atom. The van der Waals surface area contributed by atoms with Crippen molar-refractivity contribution < 1.29 is 24.0 Å². The molecule has 5 rings (SSSR count). The molecule has 160 valence electrons. The molecule has 2 spiro atoms. The number of ether oxygens (including phenoxy) is 2. The Morgan fingerprint density at radius 1 is 1.28 bits per heavy atom. The van der Waals surface area contributed by atoms with Gasteiger partial charge in [-0.2, -0.15) is 0 Å². The van der Waals surface area contributed by atoms with Gasteiger partial charge in [0.05, 0.1) is 36.2 Å². The van der Waals surface area contributed by atoms with Gasteiger partial charge in [-0.1, -0.05) is 19.1 Å². The first kappa shape index (κ1) is 19.4. The van der Waals surface area contributed by atoms with E-state index in [0.29, 0.717) is 6.42 Å². The summed E-state index contributed by atoms with van der Waals surface area (Å²) >= 11 is 0. The smallest absolute Gasteiger partial charge is 0.350 e. The molecular formula is C22H33N3O4. The summed E-state index contributed by atoms with van der Waals surface area (Å²) in [6.45, 7) is 4.18. The molecule has 0 aromatic carbocycles. The van der Waals surface area contributed by atoms with Gasteiger partial charge in [0, 0.05) is 19.3 Å². The molecule has 7 nitrogen and oxygen atoms in total. The number of carbonyl (C=O) groups excluding carboxylic acids is 1. The molecule has 7 heteroatoms. The number of hydrogen-bond donors (Lipinski definition) is 2. The van der Waals surface area contributed by atoms with Crippen LogP contribution < -0.4 is 15.7 Å². The van der Waals surface area contributed by atoms with Gasteiger partial charge in [-0.25, -0.2) is 10.6 Å². The maximum absolute atomic E-state index is 12.3. The molecule has 0 aromatic rings. The minimum Gasteiger partial charge on any atom is -0.549 e. The first-order chi connectivity index (χ1) is 14.0. The van der Waals surface area contributed by atoms with E-state index in [2.05, 4.69) is 34.3 Å². The summed E-state index contributed by atoms with van der Waals surface area (Å²) in [5.74, 6) is -0.778. The molecule has 0 aliphatic carbocycles. The lowest BCUT2D eigenvalue weighted by molar-refractivity contribution is -0.610. The van der Waals surface area contributed by atoms with E-state index in [1.807, 2.05) is 6.92 Å². The molecule has 0 bridgehead atoms. The summed E-state index contributed by atoms with van der Waals surface area (Å²) in [5.41, 5.74) is -1.32. The molecule has 29 heavy (non-hydrogen) atoms. The van der Waals surface area contributed by atoms with Crippen molar-refractivity contribution in [2.24, 2.45) is 5.92 Å². The number of allylic oxidation sites excluding steroid dienone is 1. The topological polar surface area (TPSA) is 85.7 Å². The highest BCUT2D eigenvalue weighted by Crippen LogP contribution is 2.45. The van der Waals surface area contributed by atoms with E-state index in [-0.39, 0.29) is 24.3 Å². The quantitative estimate of drug-likeness (QED) is 0.528. The van der Waals surface area contributed by atoms with E-state index in [9.17, 15) is 9.90 Å². The van der Waals surface area contributed by atoms with Gasteiger partial charge in [-0.3, -0.25) is 4.58 Å². The normalized spacial score (nSPS) is 46.2. The maximum Gasteiger partial charge on any atom is 0.350 e. The average molecular weight is 404 g/mol. The van der Waals surface area contributed by atoms with Crippen LogP contribution in [-0.2, 0) is 14.3 Å². The standard InChI is InChI=1S/C22H33N3O4/c1-3-16-8-4-5-11-21(29-16)13-15-9-10-17-18(19(26)27)22(12-6-7-14(2)28-22)24-20(23-21)25(15)17/h4,8,14-18H,3,5-7,9-13H2,1-2H3,(H2,23,24,26,27)/t14-,15+,16+,17+,18-,21+,22+/m1/s1. The van der Waals surface area contributed by atoms with E-state index in [1.54, 1.807) is 0 Å². The van der Waals surface area contributed by atoms with Crippen LogP contribution in [-0.4, -0.2) is 52.2 Å². The van der Waals surface area contributed by atoms with Crippen LogP contribution in [0.3, 0.4) is 0 Å². The molecule has 0 amide bonds. The van der Waals surface area contributed by atoms with E-state index < -0.39 is 23.3 Å². The third kappa shape index (κ3) is 3.08. The van der Waals surface area contributed by atoms with Gasteiger partial charge in [0.15, 0.2) is 11.4 Å².